The topological polar surface area (TPSA) is 28.6 Å². The van der Waals surface area contributed by atoms with E-state index in [0.29, 0.717) is 0 Å². The van der Waals surface area contributed by atoms with Gasteiger partial charge in [-0.25, -0.2) is 0 Å². The lowest BCUT2D eigenvalue weighted by atomic mass is 10.2. The van der Waals surface area contributed by atoms with Crippen LogP contribution in [0.2, 0.25) is 0 Å². The first-order valence-electron chi connectivity index (χ1n) is 5.17. The second-order valence-electron chi connectivity index (χ2n) is 3.81. The molecule has 1 saturated heterocycles. The summed E-state index contributed by atoms with van der Waals surface area (Å²) in [7, 11) is 0. The van der Waals surface area contributed by atoms with Crippen LogP contribution in [0.1, 0.15) is 12.8 Å². The Bertz CT molecular complexity index is 278. The molecule has 1 aliphatic heterocycles. The first-order chi connectivity index (χ1) is 6.84. The zero-order valence-corrected chi connectivity index (χ0v) is 9.76. The van der Waals surface area contributed by atoms with E-state index in [1.807, 2.05) is 0 Å². The van der Waals surface area contributed by atoms with E-state index in [9.17, 15) is 0 Å². The summed E-state index contributed by atoms with van der Waals surface area (Å²) in [5, 5.41) is 5.90. The molecule has 0 aliphatic carbocycles. The summed E-state index contributed by atoms with van der Waals surface area (Å²) in [5.74, 6) is 0. The number of anilines is 1. The summed E-state index contributed by atoms with van der Waals surface area (Å²) in [4.78, 5) is 0. The van der Waals surface area contributed by atoms with Gasteiger partial charge in [0.25, 0.3) is 0 Å². The normalized spacial score (nSPS) is 21.1. The Morgan fingerprint density at radius 1 is 1.36 bits per heavy atom. The molecule has 3 N–H and O–H groups in total. The molecule has 1 atom stereocenters. The Labute approximate surface area is 93.2 Å². The molecule has 0 aromatic heterocycles. The quantitative estimate of drug-likeness (QED) is 0.844. The van der Waals surface area contributed by atoms with Gasteiger partial charge in [0.15, 0.2) is 0 Å². The number of rotatable bonds is 3. The third-order valence-corrected chi connectivity index (χ3v) is 3.22. The van der Waals surface area contributed by atoms with Crippen LogP contribution < -0.4 is 10.6 Å². The van der Waals surface area contributed by atoms with Crippen LogP contribution in [0, 0.1) is 0 Å². The lowest BCUT2D eigenvalue weighted by Gasteiger charge is -2.09. The summed E-state index contributed by atoms with van der Waals surface area (Å²) in [5.41, 5.74) is 1.22. The molecule has 3 heteroatoms. The van der Waals surface area contributed by atoms with Gasteiger partial charge in [-0.15, -0.1) is 0 Å². The summed E-state index contributed by atoms with van der Waals surface area (Å²) in [6.45, 7) is 2.38. The minimum atomic E-state index is 0.777. The molecule has 2 rings (SSSR count). The van der Waals surface area contributed by atoms with E-state index in [1.165, 1.54) is 25.1 Å². The maximum atomic E-state index is 3.46. The van der Waals surface area contributed by atoms with E-state index in [-0.39, 0.29) is 0 Å². The standard InChI is InChI=1S/C11H15BrN2/c12-9-3-5-10(6-4-9)14-8-11-2-1-7-13-11/h3-6,11,13-14H,1-2,7-8H2/p+1/t11-/m0/s1. The fourth-order valence-corrected chi connectivity index (χ4v) is 2.12. The van der Waals surface area contributed by atoms with Crippen LogP contribution >= 0.6 is 15.9 Å². The number of benzene rings is 1. The minimum Gasteiger partial charge on any atom is -0.379 e. The van der Waals surface area contributed by atoms with Gasteiger partial charge in [0, 0.05) is 23.0 Å². The van der Waals surface area contributed by atoms with Crippen LogP contribution in [-0.2, 0) is 0 Å². The van der Waals surface area contributed by atoms with Crippen LogP contribution in [0.15, 0.2) is 28.7 Å². The van der Waals surface area contributed by atoms with E-state index in [1.54, 1.807) is 0 Å². The Kier molecular flexibility index (Phi) is 3.43. The van der Waals surface area contributed by atoms with Crippen molar-refractivity contribution in [3.8, 4) is 0 Å². The monoisotopic (exact) mass is 255 g/mol. The van der Waals surface area contributed by atoms with Crippen LogP contribution in [0.5, 0.6) is 0 Å². The van der Waals surface area contributed by atoms with E-state index in [0.717, 1.165) is 17.1 Å². The zero-order valence-electron chi connectivity index (χ0n) is 8.17. The molecule has 2 nitrogen and oxygen atoms in total. The van der Waals surface area contributed by atoms with Gasteiger partial charge in [-0.3, -0.25) is 0 Å². The fraction of sp³-hybridized carbons (Fsp3) is 0.455. The van der Waals surface area contributed by atoms with Gasteiger partial charge in [-0.2, -0.15) is 0 Å². The molecule has 0 unspecified atom stereocenters. The van der Waals surface area contributed by atoms with Gasteiger partial charge in [0.05, 0.1) is 13.1 Å². The Balaban J connectivity index is 1.82. The minimum absolute atomic E-state index is 0.777. The van der Waals surface area contributed by atoms with Gasteiger partial charge >= 0.3 is 0 Å². The Morgan fingerprint density at radius 2 is 2.14 bits per heavy atom. The lowest BCUT2D eigenvalue weighted by Crippen LogP contribution is -2.87. The van der Waals surface area contributed by atoms with Gasteiger partial charge in [0.2, 0.25) is 0 Å². The van der Waals surface area contributed by atoms with E-state index < -0.39 is 0 Å². The van der Waals surface area contributed by atoms with Gasteiger partial charge < -0.3 is 10.6 Å². The number of halogens is 1. The molecule has 1 aromatic carbocycles. The van der Waals surface area contributed by atoms with Crippen LogP contribution in [0.4, 0.5) is 5.69 Å². The molecule has 0 radical (unpaired) electrons. The highest BCUT2D eigenvalue weighted by Gasteiger charge is 2.17. The second-order valence-corrected chi connectivity index (χ2v) is 4.73. The Morgan fingerprint density at radius 3 is 2.79 bits per heavy atom. The highest BCUT2D eigenvalue weighted by Crippen LogP contribution is 2.14. The van der Waals surface area contributed by atoms with Crippen molar-refractivity contribution in [1.29, 1.82) is 0 Å². The summed E-state index contributed by atoms with van der Waals surface area (Å²) >= 11 is 3.43. The van der Waals surface area contributed by atoms with Crippen molar-refractivity contribution in [2.24, 2.45) is 0 Å². The van der Waals surface area contributed by atoms with Crippen LogP contribution in [0.25, 0.3) is 0 Å². The summed E-state index contributed by atoms with van der Waals surface area (Å²) in [6.07, 6.45) is 2.72. The molecule has 0 amide bonds. The third kappa shape index (κ3) is 2.72. The van der Waals surface area contributed by atoms with Crippen molar-refractivity contribution in [3.63, 3.8) is 0 Å². The molecule has 1 fully saturated rings. The van der Waals surface area contributed by atoms with Crippen molar-refractivity contribution in [3.05, 3.63) is 28.7 Å². The molecule has 0 spiro atoms. The molecule has 1 heterocycles. The highest BCUT2D eigenvalue weighted by atomic mass is 79.9. The fourth-order valence-electron chi connectivity index (χ4n) is 1.85. The maximum absolute atomic E-state index is 3.46. The van der Waals surface area contributed by atoms with Gasteiger partial charge in [-0.05, 0) is 24.3 Å². The first-order valence-corrected chi connectivity index (χ1v) is 5.96. The lowest BCUT2D eigenvalue weighted by molar-refractivity contribution is -0.666. The highest BCUT2D eigenvalue weighted by molar-refractivity contribution is 9.10. The van der Waals surface area contributed by atoms with Crippen molar-refractivity contribution in [2.75, 3.05) is 18.4 Å². The molecule has 1 aromatic rings. The predicted molar refractivity (Wildman–Crippen MR) is 62.4 cm³/mol. The maximum Gasteiger partial charge on any atom is 0.104 e. The third-order valence-electron chi connectivity index (χ3n) is 2.69. The van der Waals surface area contributed by atoms with E-state index >= 15 is 0 Å². The Hall–Kier alpha value is -0.540. The molecular formula is C11H16BrN2+. The van der Waals surface area contributed by atoms with Crippen molar-refractivity contribution in [1.82, 2.24) is 0 Å². The molecule has 76 valence electrons. The van der Waals surface area contributed by atoms with E-state index in [4.69, 9.17) is 0 Å². The summed E-state index contributed by atoms with van der Waals surface area (Å²) < 4.78 is 1.13. The number of quaternary nitrogens is 1. The average molecular weight is 256 g/mol. The van der Waals surface area contributed by atoms with Crippen molar-refractivity contribution >= 4 is 21.6 Å². The first kappa shape index (κ1) is 9.99. The second kappa shape index (κ2) is 4.80. The van der Waals surface area contributed by atoms with E-state index in [2.05, 4.69) is 50.8 Å². The van der Waals surface area contributed by atoms with Crippen LogP contribution in [-0.4, -0.2) is 19.1 Å². The number of hydrogen-bond donors (Lipinski definition) is 2. The average Bonchev–Trinajstić information content (AvgIpc) is 2.70. The SMILES string of the molecule is Brc1ccc(NC[C@@H]2CCC[NH2+]2)cc1. The van der Waals surface area contributed by atoms with Gasteiger partial charge in [-0.1, -0.05) is 15.9 Å². The van der Waals surface area contributed by atoms with Crippen LogP contribution in [0.3, 0.4) is 0 Å². The molecule has 14 heavy (non-hydrogen) atoms. The zero-order chi connectivity index (χ0) is 9.80. The van der Waals surface area contributed by atoms with Gasteiger partial charge in [0.1, 0.15) is 6.04 Å². The molecule has 0 bridgehead atoms. The predicted octanol–water partition coefficient (Wildman–Crippen LogP) is 1.59. The number of nitrogens with two attached hydrogens (primary N) is 1. The molecular weight excluding hydrogens is 240 g/mol. The number of nitrogens with one attached hydrogen (secondary N) is 1. The van der Waals surface area contributed by atoms with Crippen molar-refractivity contribution < 1.29 is 5.32 Å². The largest absolute Gasteiger partial charge is 0.379 e. The number of hydrogen-bond acceptors (Lipinski definition) is 1. The molecule has 0 saturated carbocycles. The smallest absolute Gasteiger partial charge is 0.104 e. The molecule has 1 aliphatic rings. The van der Waals surface area contributed by atoms with Crippen molar-refractivity contribution in [2.45, 2.75) is 18.9 Å². The summed E-state index contributed by atoms with van der Waals surface area (Å²) in [6, 6.07) is 9.14.